The Kier molecular flexibility index (Phi) is 2.24. The van der Waals surface area contributed by atoms with Crippen LogP contribution in [0.1, 0.15) is 45.8 Å². The van der Waals surface area contributed by atoms with Crippen molar-refractivity contribution in [3.63, 3.8) is 0 Å². The van der Waals surface area contributed by atoms with Crippen LogP contribution >= 0.6 is 0 Å². The van der Waals surface area contributed by atoms with Crippen LogP contribution in [0, 0.1) is 0 Å². The molecule has 1 heterocycles. The van der Waals surface area contributed by atoms with Crippen LogP contribution in [-0.4, -0.2) is 17.9 Å². The van der Waals surface area contributed by atoms with E-state index >= 15 is 0 Å². The number of carbonyl (C=O) groups is 1. The Morgan fingerprint density at radius 2 is 1.94 bits per heavy atom. The molecule has 1 aliphatic heterocycles. The minimum absolute atomic E-state index is 0.0496. The van der Waals surface area contributed by atoms with Gasteiger partial charge in [0.05, 0.1) is 5.56 Å². The maximum Gasteiger partial charge on any atom is 0.416 e. The molecule has 96 valence electrons. The lowest BCUT2D eigenvalue weighted by atomic mass is 9.97. The fourth-order valence-corrected chi connectivity index (χ4v) is 2.48. The molecule has 0 spiro atoms. The average molecular weight is 255 g/mol. The van der Waals surface area contributed by atoms with Crippen molar-refractivity contribution in [1.82, 2.24) is 4.90 Å². The van der Waals surface area contributed by atoms with Crippen LogP contribution in [0.4, 0.5) is 13.2 Å². The Labute approximate surface area is 102 Å². The second-order valence-corrected chi connectivity index (χ2v) is 5.03. The van der Waals surface area contributed by atoms with Gasteiger partial charge in [0.1, 0.15) is 0 Å². The second-order valence-electron chi connectivity index (χ2n) is 5.03. The van der Waals surface area contributed by atoms with Gasteiger partial charge in [-0.05, 0) is 42.0 Å². The van der Waals surface area contributed by atoms with Crippen molar-refractivity contribution in [1.29, 1.82) is 0 Å². The summed E-state index contributed by atoms with van der Waals surface area (Å²) in [6.45, 7) is 0.0496. The van der Waals surface area contributed by atoms with Crippen LogP contribution in [-0.2, 0) is 12.7 Å². The number of nitrogens with zero attached hydrogens (tertiary/aromatic N) is 1. The fourth-order valence-electron chi connectivity index (χ4n) is 2.48. The first-order chi connectivity index (χ1) is 8.38. The van der Waals surface area contributed by atoms with Crippen LogP contribution in [0.25, 0.3) is 0 Å². The Bertz CT molecular complexity index is 532. The summed E-state index contributed by atoms with van der Waals surface area (Å²) in [7, 11) is 1.53. The molecule has 2 nitrogen and oxygen atoms in total. The molecule has 0 bridgehead atoms. The highest BCUT2D eigenvalue weighted by Crippen LogP contribution is 2.45. The second kappa shape index (κ2) is 3.49. The van der Waals surface area contributed by atoms with E-state index in [4.69, 9.17) is 0 Å². The van der Waals surface area contributed by atoms with Crippen LogP contribution in [0.3, 0.4) is 0 Å². The highest BCUT2D eigenvalue weighted by Gasteiger charge is 2.40. The Hall–Kier alpha value is -1.52. The Morgan fingerprint density at radius 3 is 2.50 bits per heavy atom. The predicted octanol–water partition coefficient (Wildman–Crippen LogP) is 3.17. The maximum atomic E-state index is 13.0. The molecule has 1 saturated carbocycles. The SMILES string of the molecule is CN1Cc2c(cc(C3CC3)cc2C(F)(F)F)C1=O. The number of amides is 1. The van der Waals surface area contributed by atoms with Crippen LogP contribution in [0.5, 0.6) is 0 Å². The lowest BCUT2D eigenvalue weighted by Gasteiger charge is -2.13. The lowest BCUT2D eigenvalue weighted by molar-refractivity contribution is -0.138. The average Bonchev–Trinajstić information content (AvgIpc) is 3.06. The van der Waals surface area contributed by atoms with Gasteiger partial charge < -0.3 is 4.90 Å². The maximum absolute atomic E-state index is 13.0. The summed E-state index contributed by atoms with van der Waals surface area (Å²) in [5, 5.41) is 0. The molecule has 0 aromatic heterocycles. The van der Waals surface area contributed by atoms with Gasteiger partial charge in [-0.15, -0.1) is 0 Å². The zero-order chi connectivity index (χ0) is 13.1. The third kappa shape index (κ3) is 1.69. The highest BCUT2D eigenvalue weighted by atomic mass is 19.4. The number of alkyl halides is 3. The number of benzene rings is 1. The van der Waals surface area contributed by atoms with E-state index in [1.54, 1.807) is 6.07 Å². The topological polar surface area (TPSA) is 20.3 Å². The van der Waals surface area contributed by atoms with Crippen molar-refractivity contribution in [2.75, 3.05) is 7.05 Å². The molecular weight excluding hydrogens is 243 g/mol. The molecule has 2 aliphatic rings. The molecule has 0 N–H and O–H groups in total. The van der Waals surface area contributed by atoms with Crippen molar-refractivity contribution < 1.29 is 18.0 Å². The van der Waals surface area contributed by atoms with E-state index in [1.165, 1.54) is 18.0 Å². The first-order valence-corrected chi connectivity index (χ1v) is 5.87. The molecule has 0 unspecified atom stereocenters. The number of halogens is 3. The first kappa shape index (κ1) is 11.6. The number of carbonyl (C=O) groups excluding carboxylic acids is 1. The number of rotatable bonds is 1. The van der Waals surface area contributed by atoms with Gasteiger partial charge in [-0.3, -0.25) is 4.79 Å². The van der Waals surface area contributed by atoms with E-state index < -0.39 is 11.7 Å². The molecule has 1 amide bonds. The van der Waals surface area contributed by atoms with Gasteiger partial charge in [-0.2, -0.15) is 13.2 Å². The Balaban J connectivity index is 2.19. The Morgan fingerprint density at radius 1 is 1.28 bits per heavy atom. The third-order valence-corrected chi connectivity index (χ3v) is 3.60. The van der Waals surface area contributed by atoms with Crippen LogP contribution in [0.15, 0.2) is 12.1 Å². The predicted molar refractivity (Wildman–Crippen MR) is 59.2 cm³/mol. The van der Waals surface area contributed by atoms with E-state index in [2.05, 4.69) is 0 Å². The summed E-state index contributed by atoms with van der Waals surface area (Å²) in [5.74, 6) is -0.104. The monoisotopic (exact) mass is 255 g/mol. The summed E-state index contributed by atoms with van der Waals surface area (Å²) in [6, 6.07) is 2.87. The number of hydrogen-bond acceptors (Lipinski definition) is 1. The largest absolute Gasteiger partial charge is 0.416 e. The van der Waals surface area contributed by atoms with Gasteiger partial charge in [0, 0.05) is 19.2 Å². The van der Waals surface area contributed by atoms with Crippen molar-refractivity contribution in [3.05, 3.63) is 34.4 Å². The van der Waals surface area contributed by atoms with Crippen molar-refractivity contribution in [3.8, 4) is 0 Å². The molecule has 1 fully saturated rings. The van der Waals surface area contributed by atoms with Crippen LogP contribution in [0.2, 0.25) is 0 Å². The first-order valence-electron chi connectivity index (χ1n) is 5.87. The normalized spacial score (nSPS) is 19.3. The van der Waals surface area contributed by atoms with Gasteiger partial charge in [-0.1, -0.05) is 0 Å². The van der Waals surface area contributed by atoms with E-state index in [0.717, 1.165) is 12.8 Å². The number of fused-ring (bicyclic) bond motifs is 1. The van der Waals surface area contributed by atoms with Gasteiger partial charge in [0.15, 0.2) is 0 Å². The molecule has 0 atom stereocenters. The quantitative estimate of drug-likeness (QED) is 0.754. The third-order valence-electron chi connectivity index (χ3n) is 3.60. The smallest absolute Gasteiger partial charge is 0.337 e. The minimum atomic E-state index is -4.39. The highest BCUT2D eigenvalue weighted by molar-refractivity contribution is 5.98. The minimum Gasteiger partial charge on any atom is -0.337 e. The summed E-state index contributed by atoms with van der Waals surface area (Å²) in [6.07, 6.45) is -2.55. The van der Waals surface area contributed by atoms with Crippen LogP contribution < -0.4 is 0 Å². The molecule has 3 rings (SSSR count). The van der Waals surface area contributed by atoms with Crippen molar-refractivity contribution in [2.24, 2.45) is 0 Å². The van der Waals surface area contributed by atoms with E-state index in [9.17, 15) is 18.0 Å². The van der Waals surface area contributed by atoms with Gasteiger partial charge in [0.25, 0.3) is 5.91 Å². The van der Waals surface area contributed by atoms with Gasteiger partial charge in [0.2, 0.25) is 0 Å². The molecule has 5 heteroatoms. The van der Waals surface area contributed by atoms with Crippen molar-refractivity contribution >= 4 is 5.91 Å². The van der Waals surface area contributed by atoms with E-state index in [1.807, 2.05) is 0 Å². The summed E-state index contributed by atoms with van der Waals surface area (Å²) in [4.78, 5) is 13.2. The summed E-state index contributed by atoms with van der Waals surface area (Å²) < 4.78 is 39.1. The van der Waals surface area contributed by atoms with Crippen molar-refractivity contribution in [2.45, 2.75) is 31.5 Å². The molecule has 0 saturated heterocycles. The molecular formula is C13H12F3NO. The number of hydrogen-bond donors (Lipinski definition) is 0. The molecule has 1 aliphatic carbocycles. The lowest BCUT2D eigenvalue weighted by Crippen LogP contribution is -2.17. The zero-order valence-corrected chi connectivity index (χ0v) is 9.84. The molecule has 18 heavy (non-hydrogen) atoms. The standard InChI is InChI=1S/C13H12F3NO/c1-17-6-10-9(12(17)18)4-8(7-2-3-7)5-11(10)13(14,15)16/h4-5,7H,2-3,6H2,1H3. The fraction of sp³-hybridized carbons (Fsp3) is 0.462. The van der Waals surface area contributed by atoms with E-state index in [-0.39, 0.29) is 29.5 Å². The molecule has 1 aromatic rings. The van der Waals surface area contributed by atoms with E-state index in [0.29, 0.717) is 5.56 Å². The molecule has 0 radical (unpaired) electrons. The van der Waals surface area contributed by atoms with Gasteiger partial charge in [-0.25, -0.2) is 0 Å². The summed E-state index contributed by atoms with van der Waals surface area (Å²) >= 11 is 0. The molecule has 1 aromatic carbocycles. The van der Waals surface area contributed by atoms with Gasteiger partial charge >= 0.3 is 6.18 Å². The summed E-state index contributed by atoms with van der Waals surface area (Å²) in [5.41, 5.74) is 0.373. The zero-order valence-electron chi connectivity index (χ0n) is 9.84.